The standard InChI is InChI=1S/C18H25N3O/c1-13(2)18(22)20-10-8-15(9-11-20)12-21-14(3)19-16-6-4-5-7-17(16)21/h4-7,13,15H,8-12H2,1-3H3. The van der Waals surface area contributed by atoms with Gasteiger partial charge in [-0.25, -0.2) is 4.98 Å². The number of aryl methyl sites for hydroxylation is 1. The lowest BCUT2D eigenvalue weighted by Gasteiger charge is -2.33. The molecule has 1 saturated heterocycles. The molecule has 1 aliphatic rings. The summed E-state index contributed by atoms with van der Waals surface area (Å²) >= 11 is 0. The van der Waals surface area contributed by atoms with E-state index in [4.69, 9.17) is 0 Å². The van der Waals surface area contributed by atoms with Crippen LogP contribution in [0.15, 0.2) is 24.3 Å². The molecular formula is C18H25N3O. The number of para-hydroxylation sites is 2. The molecule has 0 N–H and O–H groups in total. The van der Waals surface area contributed by atoms with Crippen molar-refractivity contribution in [2.45, 2.75) is 40.2 Å². The topological polar surface area (TPSA) is 38.1 Å². The van der Waals surface area contributed by atoms with E-state index in [1.165, 1.54) is 5.52 Å². The fourth-order valence-electron chi connectivity index (χ4n) is 3.39. The average Bonchev–Trinajstić information content (AvgIpc) is 2.83. The van der Waals surface area contributed by atoms with Crippen LogP contribution in [0.5, 0.6) is 0 Å². The molecule has 0 saturated carbocycles. The predicted molar refractivity (Wildman–Crippen MR) is 88.6 cm³/mol. The summed E-state index contributed by atoms with van der Waals surface area (Å²) in [6.45, 7) is 8.85. The van der Waals surface area contributed by atoms with Crippen LogP contribution in [0.1, 0.15) is 32.5 Å². The predicted octanol–water partition coefficient (Wildman–Crippen LogP) is 3.24. The van der Waals surface area contributed by atoms with Crippen molar-refractivity contribution < 1.29 is 4.79 Å². The van der Waals surface area contributed by atoms with Gasteiger partial charge in [0.05, 0.1) is 11.0 Å². The lowest BCUT2D eigenvalue weighted by molar-refractivity contribution is -0.135. The number of fused-ring (bicyclic) bond motifs is 1. The van der Waals surface area contributed by atoms with Crippen molar-refractivity contribution in [3.63, 3.8) is 0 Å². The Balaban J connectivity index is 1.67. The van der Waals surface area contributed by atoms with E-state index in [0.717, 1.165) is 43.8 Å². The van der Waals surface area contributed by atoms with Crippen LogP contribution < -0.4 is 0 Å². The van der Waals surface area contributed by atoms with Crippen LogP contribution >= 0.6 is 0 Å². The number of likely N-dealkylation sites (tertiary alicyclic amines) is 1. The molecule has 118 valence electrons. The third-order valence-corrected chi connectivity index (χ3v) is 4.71. The second kappa shape index (κ2) is 6.11. The van der Waals surface area contributed by atoms with Gasteiger partial charge in [0.15, 0.2) is 0 Å². The highest BCUT2D eigenvalue weighted by Crippen LogP contribution is 2.24. The van der Waals surface area contributed by atoms with E-state index < -0.39 is 0 Å². The van der Waals surface area contributed by atoms with Gasteiger partial charge >= 0.3 is 0 Å². The Kier molecular flexibility index (Phi) is 4.19. The first kappa shape index (κ1) is 15.1. The van der Waals surface area contributed by atoms with E-state index in [-0.39, 0.29) is 5.92 Å². The maximum Gasteiger partial charge on any atom is 0.225 e. The molecule has 2 aromatic rings. The van der Waals surface area contributed by atoms with Crippen molar-refractivity contribution >= 4 is 16.9 Å². The SMILES string of the molecule is Cc1nc2ccccc2n1CC1CCN(C(=O)C(C)C)CC1. The van der Waals surface area contributed by atoms with Gasteiger partial charge in [0.25, 0.3) is 0 Å². The van der Waals surface area contributed by atoms with E-state index >= 15 is 0 Å². The van der Waals surface area contributed by atoms with Gasteiger partial charge in [0.1, 0.15) is 5.82 Å². The second-order valence-corrected chi connectivity index (χ2v) is 6.68. The van der Waals surface area contributed by atoms with Crippen LogP contribution in [-0.2, 0) is 11.3 Å². The molecule has 1 aromatic carbocycles. The molecule has 4 nitrogen and oxygen atoms in total. The molecule has 0 spiro atoms. The summed E-state index contributed by atoms with van der Waals surface area (Å²) < 4.78 is 2.33. The van der Waals surface area contributed by atoms with E-state index in [0.29, 0.717) is 11.8 Å². The summed E-state index contributed by atoms with van der Waals surface area (Å²) in [6.07, 6.45) is 2.18. The first-order valence-corrected chi connectivity index (χ1v) is 8.27. The molecule has 1 fully saturated rings. The summed E-state index contributed by atoms with van der Waals surface area (Å²) in [7, 11) is 0. The zero-order chi connectivity index (χ0) is 15.7. The summed E-state index contributed by atoms with van der Waals surface area (Å²) in [5, 5.41) is 0. The number of hydrogen-bond donors (Lipinski definition) is 0. The molecule has 2 heterocycles. The highest BCUT2D eigenvalue weighted by Gasteiger charge is 2.25. The van der Waals surface area contributed by atoms with Gasteiger partial charge in [-0.3, -0.25) is 4.79 Å². The molecule has 0 atom stereocenters. The summed E-state index contributed by atoms with van der Waals surface area (Å²) in [6, 6.07) is 8.33. The molecule has 1 amide bonds. The van der Waals surface area contributed by atoms with Crippen molar-refractivity contribution in [3.8, 4) is 0 Å². The Morgan fingerprint density at radius 1 is 1.27 bits per heavy atom. The average molecular weight is 299 g/mol. The Hall–Kier alpha value is -1.84. The third-order valence-electron chi connectivity index (χ3n) is 4.71. The van der Waals surface area contributed by atoms with Gasteiger partial charge in [-0.1, -0.05) is 26.0 Å². The third kappa shape index (κ3) is 2.87. The highest BCUT2D eigenvalue weighted by molar-refractivity contribution is 5.78. The van der Waals surface area contributed by atoms with Crippen LogP contribution in [-0.4, -0.2) is 33.4 Å². The van der Waals surface area contributed by atoms with Crippen LogP contribution in [0.3, 0.4) is 0 Å². The fraction of sp³-hybridized carbons (Fsp3) is 0.556. The molecule has 0 aliphatic carbocycles. The first-order valence-electron chi connectivity index (χ1n) is 8.27. The molecule has 1 aliphatic heterocycles. The van der Waals surface area contributed by atoms with Gasteiger partial charge in [0.2, 0.25) is 5.91 Å². The smallest absolute Gasteiger partial charge is 0.225 e. The zero-order valence-corrected chi connectivity index (χ0v) is 13.7. The van der Waals surface area contributed by atoms with Crippen molar-refractivity contribution in [1.82, 2.24) is 14.5 Å². The van der Waals surface area contributed by atoms with Crippen molar-refractivity contribution in [1.29, 1.82) is 0 Å². The quantitative estimate of drug-likeness (QED) is 0.872. The Bertz CT molecular complexity index is 666. The highest BCUT2D eigenvalue weighted by atomic mass is 16.2. The van der Waals surface area contributed by atoms with Gasteiger partial charge in [-0.2, -0.15) is 0 Å². The number of amides is 1. The Labute approximate surface area is 132 Å². The second-order valence-electron chi connectivity index (χ2n) is 6.68. The summed E-state index contributed by atoms with van der Waals surface area (Å²) in [5.41, 5.74) is 2.30. The Morgan fingerprint density at radius 2 is 1.95 bits per heavy atom. The number of imidazole rings is 1. The number of nitrogens with zero attached hydrogens (tertiary/aromatic N) is 3. The van der Waals surface area contributed by atoms with Crippen molar-refractivity contribution in [2.75, 3.05) is 13.1 Å². The van der Waals surface area contributed by atoms with Gasteiger partial charge in [-0.05, 0) is 37.8 Å². The van der Waals surface area contributed by atoms with Crippen molar-refractivity contribution in [3.05, 3.63) is 30.1 Å². The zero-order valence-electron chi connectivity index (χ0n) is 13.7. The van der Waals surface area contributed by atoms with Gasteiger partial charge < -0.3 is 9.47 Å². The number of aromatic nitrogens is 2. The minimum Gasteiger partial charge on any atom is -0.342 e. The van der Waals surface area contributed by atoms with E-state index in [1.54, 1.807) is 0 Å². The molecule has 0 unspecified atom stereocenters. The fourth-order valence-corrected chi connectivity index (χ4v) is 3.39. The van der Waals surface area contributed by atoms with E-state index in [2.05, 4.69) is 34.7 Å². The maximum atomic E-state index is 12.1. The van der Waals surface area contributed by atoms with Crippen LogP contribution in [0, 0.1) is 18.8 Å². The molecule has 3 rings (SSSR count). The molecule has 4 heteroatoms. The minimum atomic E-state index is 0.108. The van der Waals surface area contributed by atoms with Crippen LogP contribution in [0.25, 0.3) is 11.0 Å². The number of carbonyl (C=O) groups excluding carboxylic acids is 1. The largest absolute Gasteiger partial charge is 0.342 e. The monoisotopic (exact) mass is 299 g/mol. The minimum absolute atomic E-state index is 0.108. The van der Waals surface area contributed by atoms with Crippen molar-refractivity contribution in [2.24, 2.45) is 11.8 Å². The summed E-state index contributed by atoms with van der Waals surface area (Å²) in [5.74, 6) is 2.12. The molecule has 22 heavy (non-hydrogen) atoms. The van der Waals surface area contributed by atoms with E-state index in [9.17, 15) is 4.79 Å². The number of piperidine rings is 1. The number of benzene rings is 1. The lowest BCUT2D eigenvalue weighted by Crippen LogP contribution is -2.41. The lowest BCUT2D eigenvalue weighted by atomic mass is 9.95. The Morgan fingerprint density at radius 3 is 2.64 bits per heavy atom. The van der Waals surface area contributed by atoms with Crippen LogP contribution in [0.4, 0.5) is 0 Å². The molecule has 0 radical (unpaired) electrons. The number of rotatable bonds is 3. The number of carbonyl (C=O) groups is 1. The molecule has 1 aromatic heterocycles. The van der Waals surface area contributed by atoms with Gasteiger partial charge in [-0.15, -0.1) is 0 Å². The van der Waals surface area contributed by atoms with Gasteiger partial charge in [0, 0.05) is 25.6 Å². The normalized spacial score (nSPS) is 16.6. The van der Waals surface area contributed by atoms with E-state index in [1.807, 2.05) is 24.8 Å². The molecule has 0 bridgehead atoms. The maximum absolute atomic E-state index is 12.1. The van der Waals surface area contributed by atoms with Crippen LogP contribution in [0.2, 0.25) is 0 Å². The summed E-state index contributed by atoms with van der Waals surface area (Å²) in [4.78, 5) is 18.7. The first-order chi connectivity index (χ1) is 10.6. The molecular weight excluding hydrogens is 274 g/mol. The number of hydrogen-bond acceptors (Lipinski definition) is 2.